The zero-order valence-corrected chi connectivity index (χ0v) is 7.82. The molecule has 3 atom stereocenters. The molecule has 0 spiro atoms. The molecular weight excluding hydrogens is 190 g/mol. The van der Waals surface area contributed by atoms with Crippen LogP contribution in [-0.2, 0) is 0 Å². The summed E-state index contributed by atoms with van der Waals surface area (Å²) >= 11 is 0. The van der Waals surface area contributed by atoms with E-state index < -0.39 is 18.3 Å². The minimum Gasteiger partial charge on any atom is -0.396 e. The molecule has 14 heavy (non-hydrogen) atoms. The highest BCUT2D eigenvalue weighted by Gasteiger charge is 2.22. The van der Waals surface area contributed by atoms with Crippen molar-refractivity contribution < 1.29 is 25.5 Å². The molecular formula is C8H17NO5. The fourth-order valence-corrected chi connectivity index (χ4v) is 0.859. The number of nitrogens with zero attached hydrogens (tertiary/aromatic N) is 1. The fourth-order valence-electron chi connectivity index (χ4n) is 0.859. The van der Waals surface area contributed by atoms with Gasteiger partial charge in [0.15, 0.2) is 0 Å². The molecule has 0 aliphatic heterocycles. The molecule has 0 aliphatic rings. The van der Waals surface area contributed by atoms with Gasteiger partial charge in [0.05, 0.1) is 19.3 Å². The van der Waals surface area contributed by atoms with Crippen molar-refractivity contribution in [1.82, 2.24) is 0 Å². The van der Waals surface area contributed by atoms with Crippen LogP contribution in [-0.4, -0.2) is 69.8 Å². The Labute approximate surface area is 82.2 Å². The molecule has 84 valence electrons. The van der Waals surface area contributed by atoms with Crippen LogP contribution in [0.5, 0.6) is 0 Å². The van der Waals surface area contributed by atoms with E-state index in [9.17, 15) is 10.2 Å². The second kappa shape index (κ2) is 7.84. The Hall–Kier alpha value is -0.530. The van der Waals surface area contributed by atoms with E-state index in [2.05, 4.69) is 4.99 Å². The van der Waals surface area contributed by atoms with Crippen molar-refractivity contribution in [3.63, 3.8) is 0 Å². The van der Waals surface area contributed by atoms with E-state index in [-0.39, 0.29) is 26.2 Å². The summed E-state index contributed by atoms with van der Waals surface area (Å²) in [6, 6.07) is 0. The van der Waals surface area contributed by atoms with Crippen LogP contribution in [0.4, 0.5) is 0 Å². The first-order valence-electron chi connectivity index (χ1n) is 4.39. The molecule has 0 aromatic rings. The second-order valence-corrected chi connectivity index (χ2v) is 2.84. The Bertz CT molecular complexity index is 164. The van der Waals surface area contributed by atoms with Gasteiger partial charge in [-0.05, 0) is 6.42 Å². The fraction of sp³-hybridized carbons (Fsp3) is 0.875. The summed E-state index contributed by atoms with van der Waals surface area (Å²) in [6.07, 6.45) is -2.80. The van der Waals surface area contributed by atoms with E-state index in [4.69, 9.17) is 15.3 Å². The Morgan fingerprint density at radius 3 is 2.21 bits per heavy atom. The average Bonchev–Trinajstić information content (AvgIpc) is 2.17. The summed E-state index contributed by atoms with van der Waals surface area (Å²) in [5.41, 5.74) is 0. The van der Waals surface area contributed by atoms with Gasteiger partial charge in [0.2, 0.25) is 0 Å². The highest BCUT2D eigenvalue weighted by molar-refractivity contribution is 5.63. The minimum atomic E-state index is -1.37. The molecule has 0 saturated heterocycles. The molecule has 6 nitrogen and oxygen atoms in total. The molecule has 6 heteroatoms. The Morgan fingerprint density at radius 2 is 1.71 bits per heavy atom. The molecule has 0 aliphatic carbocycles. The zero-order chi connectivity index (χ0) is 11.0. The number of hydrogen-bond acceptors (Lipinski definition) is 6. The van der Waals surface area contributed by atoms with Gasteiger partial charge in [-0.1, -0.05) is 0 Å². The van der Waals surface area contributed by atoms with E-state index in [0.29, 0.717) is 0 Å². The number of hydrogen-bond donors (Lipinski definition) is 5. The molecule has 0 bridgehead atoms. The number of aliphatic hydroxyl groups is 5. The van der Waals surface area contributed by atoms with Gasteiger partial charge in [0.25, 0.3) is 0 Å². The normalized spacial score (nSPS) is 18.4. The van der Waals surface area contributed by atoms with Crippen LogP contribution in [0.1, 0.15) is 6.42 Å². The van der Waals surface area contributed by atoms with E-state index >= 15 is 0 Å². The lowest BCUT2D eigenvalue weighted by Gasteiger charge is -2.19. The zero-order valence-electron chi connectivity index (χ0n) is 7.82. The lowest BCUT2D eigenvalue weighted by Crippen LogP contribution is -2.38. The van der Waals surface area contributed by atoms with Gasteiger partial charge in [-0.3, -0.25) is 4.99 Å². The van der Waals surface area contributed by atoms with Crippen molar-refractivity contribution >= 4 is 6.21 Å². The Kier molecular flexibility index (Phi) is 7.54. The van der Waals surface area contributed by atoms with Crippen LogP contribution in [0.3, 0.4) is 0 Å². The molecule has 0 rings (SSSR count). The maximum atomic E-state index is 9.25. The molecule has 0 amide bonds. The lowest BCUT2D eigenvalue weighted by molar-refractivity contribution is -0.0411. The topological polar surface area (TPSA) is 114 Å². The van der Waals surface area contributed by atoms with Gasteiger partial charge < -0.3 is 25.5 Å². The van der Waals surface area contributed by atoms with Crippen molar-refractivity contribution in [2.24, 2.45) is 4.99 Å². The summed E-state index contributed by atoms with van der Waals surface area (Å²) in [4.78, 5) is 3.59. The van der Waals surface area contributed by atoms with Crippen molar-refractivity contribution in [2.45, 2.75) is 24.7 Å². The molecule has 0 heterocycles. The highest BCUT2D eigenvalue weighted by Crippen LogP contribution is 2.02. The standard InChI is InChI=1S/C8H17NO5/c10-3-1-6(12)8(14)7(13)5-9-2-4-11/h5-8,10-14H,1-4H2/t6-,7-,8-/m1/s1. The Morgan fingerprint density at radius 1 is 1.07 bits per heavy atom. The molecule has 0 fully saturated rings. The van der Waals surface area contributed by atoms with Gasteiger partial charge in [-0.2, -0.15) is 0 Å². The maximum absolute atomic E-state index is 9.25. The van der Waals surface area contributed by atoms with Crippen molar-refractivity contribution in [1.29, 1.82) is 0 Å². The summed E-state index contributed by atoms with van der Waals surface area (Å²) in [5, 5.41) is 44.5. The molecule has 0 aromatic heterocycles. The third-order valence-corrected chi connectivity index (χ3v) is 1.66. The maximum Gasteiger partial charge on any atom is 0.117 e. The van der Waals surface area contributed by atoms with Crippen molar-refractivity contribution in [3.05, 3.63) is 0 Å². The van der Waals surface area contributed by atoms with Gasteiger partial charge in [-0.15, -0.1) is 0 Å². The first-order valence-corrected chi connectivity index (χ1v) is 4.39. The van der Waals surface area contributed by atoms with Gasteiger partial charge >= 0.3 is 0 Å². The summed E-state index contributed by atoms with van der Waals surface area (Å²) in [6.45, 7) is -0.267. The Balaban J connectivity index is 3.90. The number of aliphatic hydroxyl groups excluding tert-OH is 5. The van der Waals surface area contributed by atoms with Crippen molar-refractivity contribution in [2.75, 3.05) is 19.8 Å². The van der Waals surface area contributed by atoms with Crippen LogP contribution >= 0.6 is 0 Å². The smallest absolute Gasteiger partial charge is 0.117 e. The van der Waals surface area contributed by atoms with Gasteiger partial charge in [0, 0.05) is 12.8 Å². The van der Waals surface area contributed by atoms with Crippen LogP contribution in [0, 0.1) is 0 Å². The van der Waals surface area contributed by atoms with E-state index in [0.717, 1.165) is 6.21 Å². The van der Waals surface area contributed by atoms with Crippen LogP contribution in [0.15, 0.2) is 4.99 Å². The van der Waals surface area contributed by atoms with Crippen LogP contribution in [0.25, 0.3) is 0 Å². The summed E-state index contributed by atoms with van der Waals surface area (Å²) < 4.78 is 0. The first-order chi connectivity index (χ1) is 6.63. The number of rotatable bonds is 7. The first kappa shape index (κ1) is 13.5. The predicted octanol–water partition coefficient (Wildman–Crippen LogP) is -2.49. The predicted molar refractivity (Wildman–Crippen MR) is 50.2 cm³/mol. The third kappa shape index (κ3) is 5.25. The minimum absolute atomic E-state index is 0.00787. The van der Waals surface area contributed by atoms with E-state index in [1.807, 2.05) is 0 Å². The SMILES string of the molecule is OCCN=C[C@@H](O)[C@H](O)[C@H](O)CCO. The largest absolute Gasteiger partial charge is 0.396 e. The van der Waals surface area contributed by atoms with E-state index in [1.165, 1.54) is 0 Å². The molecule has 0 unspecified atom stereocenters. The molecule has 0 aromatic carbocycles. The number of aliphatic imine (C=N–C) groups is 1. The average molecular weight is 207 g/mol. The van der Waals surface area contributed by atoms with Gasteiger partial charge in [0.1, 0.15) is 12.2 Å². The quantitative estimate of drug-likeness (QED) is 0.296. The monoisotopic (exact) mass is 207 g/mol. The van der Waals surface area contributed by atoms with Crippen molar-refractivity contribution in [3.8, 4) is 0 Å². The lowest BCUT2D eigenvalue weighted by atomic mass is 10.1. The summed E-state index contributed by atoms with van der Waals surface area (Å²) in [7, 11) is 0. The molecule has 0 saturated carbocycles. The molecule has 5 N–H and O–H groups in total. The highest BCUT2D eigenvalue weighted by atomic mass is 16.4. The molecule has 0 radical (unpaired) electrons. The van der Waals surface area contributed by atoms with E-state index in [1.54, 1.807) is 0 Å². The van der Waals surface area contributed by atoms with Gasteiger partial charge in [-0.25, -0.2) is 0 Å². The summed E-state index contributed by atoms with van der Waals surface area (Å²) in [5.74, 6) is 0. The third-order valence-electron chi connectivity index (χ3n) is 1.66. The van der Waals surface area contributed by atoms with Crippen LogP contribution in [0.2, 0.25) is 0 Å². The van der Waals surface area contributed by atoms with Crippen LogP contribution < -0.4 is 0 Å². The second-order valence-electron chi connectivity index (χ2n) is 2.84.